The summed E-state index contributed by atoms with van der Waals surface area (Å²) in [6.45, 7) is 2.54. The Hall–Kier alpha value is -2.64. The number of carbonyl (C=O) groups excluding carboxylic acids is 2. The second kappa shape index (κ2) is 8.83. The maximum Gasteiger partial charge on any atom is 0.250 e. The molecule has 1 fully saturated rings. The van der Waals surface area contributed by atoms with Gasteiger partial charge >= 0.3 is 0 Å². The van der Waals surface area contributed by atoms with Crippen molar-refractivity contribution < 1.29 is 9.59 Å². The molecule has 0 aliphatic carbocycles. The monoisotopic (exact) mass is 388 g/mol. The zero-order valence-electron chi connectivity index (χ0n) is 14.8. The fraction of sp³-hybridized carbons (Fsp3) is 0.316. The van der Waals surface area contributed by atoms with E-state index in [0.29, 0.717) is 36.9 Å². The van der Waals surface area contributed by atoms with Crippen molar-refractivity contribution in [1.29, 1.82) is 0 Å². The molecule has 1 aromatic carbocycles. The number of para-hydroxylation sites is 1. The van der Waals surface area contributed by atoms with E-state index in [1.807, 2.05) is 11.0 Å². The van der Waals surface area contributed by atoms with Crippen LogP contribution in [0.2, 0.25) is 5.02 Å². The number of pyridine rings is 1. The molecule has 2 amide bonds. The molecule has 1 aliphatic heterocycles. The molecule has 0 atom stereocenters. The van der Waals surface area contributed by atoms with Gasteiger partial charge in [-0.3, -0.25) is 19.3 Å². The van der Waals surface area contributed by atoms with E-state index in [-0.39, 0.29) is 30.5 Å². The second-order valence-corrected chi connectivity index (χ2v) is 6.76. The number of benzene rings is 1. The number of anilines is 1. The summed E-state index contributed by atoms with van der Waals surface area (Å²) in [7, 11) is 0. The molecule has 142 valence electrons. The van der Waals surface area contributed by atoms with Crippen LogP contribution in [0.3, 0.4) is 0 Å². The predicted octanol–water partition coefficient (Wildman–Crippen LogP) is 1.28. The van der Waals surface area contributed by atoms with E-state index in [1.165, 1.54) is 10.6 Å². The third-order valence-electron chi connectivity index (χ3n) is 4.44. The van der Waals surface area contributed by atoms with Crippen molar-refractivity contribution in [2.75, 3.05) is 38.0 Å². The summed E-state index contributed by atoms with van der Waals surface area (Å²) in [4.78, 5) is 40.0. The van der Waals surface area contributed by atoms with Crippen molar-refractivity contribution in [1.82, 2.24) is 14.4 Å². The number of nitrogens with one attached hydrogen (secondary N) is 1. The topological polar surface area (TPSA) is 74.7 Å². The van der Waals surface area contributed by atoms with Gasteiger partial charge in [-0.2, -0.15) is 0 Å². The Labute approximate surface area is 162 Å². The Morgan fingerprint density at radius 3 is 2.37 bits per heavy atom. The van der Waals surface area contributed by atoms with Crippen molar-refractivity contribution in [3.63, 3.8) is 0 Å². The van der Waals surface area contributed by atoms with Crippen LogP contribution < -0.4 is 10.9 Å². The quantitative estimate of drug-likeness (QED) is 0.837. The molecule has 7 nitrogen and oxygen atoms in total. The van der Waals surface area contributed by atoms with E-state index < -0.39 is 0 Å². The van der Waals surface area contributed by atoms with Gasteiger partial charge < -0.3 is 14.8 Å². The first-order valence-electron chi connectivity index (χ1n) is 8.73. The lowest BCUT2D eigenvalue weighted by molar-refractivity contribution is -0.133. The number of hydrogen-bond donors (Lipinski definition) is 1. The van der Waals surface area contributed by atoms with Gasteiger partial charge in [0.2, 0.25) is 11.8 Å². The van der Waals surface area contributed by atoms with E-state index in [0.717, 1.165) is 0 Å². The van der Waals surface area contributed by atoms with Gasteiger partial charge in [0.25, 0.3) is 5.56 Å². The van der Waals surface area contributed by atoms with Crippen molar-refractivity contribution in [2.45, 2.75) is 6.54 Å². The zero-order chi connectivity index (χ0) is 19.2. The first-order chi connectivity index (χ1) is 13.0. The highest BCUT2D eigenvalue weighted by Crippen LogP contribution is 2.20. The molecule has 0 spiro atoms. The van der Waals surface area contributed by atoms with Crippen LogP contribution >= 0.6 is 11.6 Å². The molecule has 2 heterocycles. The lowest BCUT2D eigenvalue weighted by atomic mass is 10.3. The van der Waals surface area contributed by atoms with Crippen LogP contribution in [-0.4, -0.2) is 58.9 Å². The molecule has 0 bridgehead atoms. The molecular formula is C19H21ClN4O3. The molecule has 1 aromatic heterocycles. The maximum absolute atomic E-state index is 12.4. The average molecular weight is 389 g/mol. The summed E-state index contributed by atoms with van der Waals surface area (Å²) in [6.07, 6.45) is 1.61. The van der Waals surface area contributed by atoms with Crippen molar-refractivity contribution in [3.05, 3.63) is 64.0 Å². The smallest absolute Gasteiger partial charge is 0.250 e. The molecule has 27 heavy (non-hydrogen) atoms. The van der Waals surface area contributed by atoms with Gasteiger partial charge in [-0.15, -0.1) is 0 Å². The summed E-state index contributed by atoms with van der Waals surface area (Å²) < 4.78 is 1.39. The Bertz CT molecular complexity index is 875. The van der Waals surface area contributed by atoms with Gasteiger partial charge in [0.1, 0.15) is 6.54 Å². The van der Waals surface area contributed by atoms with Crippen LogP contribution in [0.25, 0.3) is 0 Å². The molecule has 1 saturated heterocycles. The molecule has 0 unspecified atom stereocenters. The van der Waals surface area contributed by atoms with Crippen LogP contribution in [0.5, 0.6) is 0 Å². The molecule has 3 rings (SSSR count). The van der Waals surface area contributed by atoms with Gasteiger partial charge in [0, 0.05) is 38.4 Å². The van der Waals surface area contributed by atoms with Gasteiger partial charge in [-0.1, -0.05) is 29.8 Å². The fourth-order valence-electron chi connectivity index (χ4n) is 2.95. The van der Waals surface area contributed by atoms with Crippen LogP contribution in [0.15, 0.2) is 53.5 Å². The molecule has 2 aromatic rings. The summed E-state index contributed by atoms with van der Waals surface area (Å²) in [5, 5.41) is 3.30. The highest BCUT2D eigenvalue weighted by atomic mass is 35.5. The summed E-state index contributed by atoms with van der Waals surface area (Å²) in [6, 6.07) is 11.9. The number of aromatic nitrogens is 1. The average Bonchev–Trinajstić information content (AvgIpc) is 2.66. The lowest BCUT2D eigenvalue weighted by Crippen LogP contribution is -2.51. The molecule has 0 saturated carbocycles. The molecule has 1 N–H and O–H groups in total. The third kappa shape index (κ3) is 5.18. The van der Waals surface area contributed by atoms with E-state index in [4.69, 9.17) is 11.6 Å². The van der Waals surface area contributed by atoms with Crippen molar-refractivity contribution in [2.24, 2.45) is 0 Å². The molecule has 1 aliphatic rings. The molecule has 0 radical (unpaired) electrons. The molecular weight excluding hydrogens is 368 g/mol. The number of amides is 2. The van der Waals surface area contributed by atoms with Gasteiger partial charge in [0.15, 0.2) is 0 Å². The Morgan fingerprint density at radius 1 is 0.963 bits per heavy atom. The number of nitrogens with zero attached hydrogens (tertiary/aromatic N) is 3. The van der Waals surface area contributed by atoms with Crippen molar-refractivity contribution in [3.8, 4) is 0 Å². The standard InChI is InChI=1S/C19H21ClN4O3/c20-15-5-1-2-6-16(15)21-17(25)13-22-9-11-23(12-10-22)19(27)14-24-8-4-3-7-18(24)26/h1-8H,9-14H2,(H,21,25). The minimum Gasteiger partial charge on any atom is -0.339 e. The lowest BCUT2D eigenvalue weighted by Gasteiger charge is -2.34. The SMILES string of the molecule is O=C(CN1CCN(C(=O)Cn2ccccc2=O)CC1)Nc1ccccc1Cl. The number of carbonyl (C=O) groups is 2. The predicted molar refractivity (Wildman–Crippen MR) is 104 cm³/mol. The van der Waals surface area contributed by atoms with E-state index >= 15 is 0 Å². The number of piperazine rings is 1. The highest BCUT2D eigenvalue weighted by molar-refractivity contribution is 6.33. The van der Waals surface area contributed by atoms with E-state index in [2.05, 4.69) is 5.32 Å². The summed E-state index contributed by atoms with van der Waals surface area (Å²) >= 11 is 6.05. The first kappa shape index (κ1) is 19.1. The fourth-order valence-corrected chi connectivity index (χ4v) is 3.13. The van der Waals surface area contributed by atoms with E-state index in [9.17, 15) is 14.4 Å². The Balaban J connectivity index is 1.46. The summed E-state index contributed by atoms with van der Waals surface area (Å²) in [5.74, 6) is -0.234. The zero-order valence-corrected chi connectivity index (χ0v) is 15.6. The van der Waals surface area contributed by atoms with Gasteiger partial charge in [0.05, 0.1) is 17.3 Å². The van der Waals surface area contributed by atoms with Crippen LogP contribution in [-0.2, 0) is 16.1 Å². The summed E-state index contributed by atoms with van der Waals surface area (Å²) in [5.41, 5.74) is 0.395. The third-order valence-corrected chi connectivity index (χ3v) is 4.77. The molecule has 8 heteroatoms. The minimum absolute atomic E-state index is 0.0344. The van der Waals surface area contributed by atoms with Gasteiger partial charge in [-0.05, 0) is 18.2 Å². The largest absolute Gasteiger partial charge is 0.339 e. The normalized spacial score (nSPS) is 14.8. The highest BCUT2D eigenvalue weighted by Gasteiger charge is 2.22. The maximum atomic E-state index is 12.4. The Morgan fingerprint density at radius 2 is 1.67 bits per heavy atom. The number of hydrogen-bond acceptors (Lipinski definition) is 4. The number of rotatable bonds is 5. The minimum atomic E-state index is -0.194. The van der Waals surface area contributed by atoms with Gasteiger partial charge in [-0.25, -0.2) is 0 Å². The van der Waals surface area contributed by atoms with Crippen LogP contribution in [0, 0.1) is 0 Å². The van der Waals surface area contributed by atoms with Crippen molar-refractivity contribution >= 4 is 29.1 Å². The Kier molecular flexibility index (Phi) is 6.26. The van der Waals surface area contributed by atoms with Crippen LogP contribution in [0.4, 0.5) is 5.69 Å². The van der Waals surface area contributed by atoms with Crippen LogP contribution in [0.1, 0.15) is 0 Å². The second-order valence-electron chi connectivity index (χ2n) is 6.35. The number of halogens is 1. The first-order valence-corrected chi connectivity index (χ1v) is 9.11. The van der Waals surface area contributed by atoms with E-state index in [1.54, 1.807) is 41.4 Å².